The number of hydrogen-bond donors (Lipinski definition) is 1. The molecule has 0 heterocycles. The zero-order chi connectivity index (χ0) is 10.4. The van der Waals surface area contributed by atoms with Gasteiger partial charge in [-0.3, -0.25) is 4.79 Å². The Morgan fingerprint density at radius 2 is 2.14 bits per heavy atom. The Hall–Kier alpha value is -0.570. The fourth-order valence-electron chi connectivity index (χ4n) is 1.71. The zero-order valence-electron chi connectivity index (χ0n) is 9.21. The number of rotatable bonds is 5. The molecule has 0 saturated heterocycles. The van der Waals surface area contributed by atoms with Crippen molar-refractivity contribution in [2.45, 2.75) is 58.1 Å². The van der Waals surface area contributed by atoms with Crippen LogP contribution in [0.5, 0.6) is 0 Å². The lowest BCUT2D eigenvalue weighted by atomic mass is 10.2. The Kier molecular flexibility index (Phi) is 4.94. The molecule has 3 heteroatoms. The number of carbonyl (C=O) groups is 1. The van der Waals surface area contributed by atoms with Gasteiger partial charge in [0.05, 0.1) is 12.6 Å². The summed E-state index contributed by atoms with van der Waals surface area (Å²) in [5.41, 5.74) is 0. The first-order valence-electron chi connectivity index (χ1n) is 5.65. The zero-order valence-corrected chi connectivity index (χ0v) is 9.21. The largest absolute Gasteiger partial charge is 0.462 e. The fourth-order valence-corrected chi connectivity index (χ4v) is 1.71. The predicted octanol–water partition coefficient (Wildman–Crippen LogP) is 1.86. The summed E-state index contributed by atoms with van der Waals surface area (Å²) in [6, 6.07) is 0.541. The summed E-state index contributed by atoms with van der Waals surface area (Å²) in [6.45, 7) is 4.31. The maximum absolute atomic E-state index is 11.3. The smallest absolute Gasteiger partial charge is 0.320 e. The highest BCUT2D eigenvalue weighted by Crippen LogP contribution is 2.17. The predicted molar refractivity (Wildman–Crippen MR) is 56.1 cm³/mol. The van der Waals surface area contributed by atoms with E-state index in [4.69, 9.17) is 4.74 Å². The van der Waals surface area contributed by atoms with E-state index in [1.54, 1.807) is 0 Å². The summed E-state index contributed by atoms with van der Waals surface area (Å²) in [5.74, 6) is -0.119. The second-order valence-corrected chi connectivity index (χ2v) is 4.07. The number of ether oxygens (including phenoxy) is 1. The first-order chi connectivity index (χ1) is 6.72. The van der Waals surface area contributed by atoms with Crippen molar-refractivity contribution in [3.8, 4) is 0 Å². The molecule has 1 unspecified atom stereocenters. The Labute approximate surface area is 86.2 Å². The molecule has 0 spiro atoms. The van der Waals surface area contributed by atoms with Crippen LogP contribution < -0.4 is 5.32 Å². The van der Waals surface area contributed by atoms with Crippen molar-refractivity contribution in [3.63, 3.8) is 0 Å². The quantitative estimate of drug-likeness (QED) is 0.687. The van der Waals surface area contributed by atoms with E-state index >= 15 is 0 Å². The Bertz CT molecular complexity index is 176. The average molecular weight is 199 g/mol. The highest BCUT2D eigenvalue weighted by Gasteiger charge is 2.16. The molecular formula is C11H21NO2. The Balaban J connectivity index is 2.08. The van der Waals surface area contributed by atoms with Gasteiger partial charge in [0, 0.05) is 6.04 Å². The first kappa shape index (κ1) is 11.5. The van der Waals surface area contributed by atoms with Crippen molar-refractivity contribution in [1.82, 2.24) is 5.32 Å². The molecule has 0 bridgehead atoms. The summed E-state index contributed by atoms with van der Waals surface area (Å²) in [6.07, 6.45) is 5.92. The van der Waals surface area contributed by atoms with Crippen molar-refractivity contribution in [2.24, 2.45) is 0 Å². The van der Waals surface area contributed by atoms with Gasteiger partial charge in [0.1, 0.15) is 0 Å². The van der Waals surface area contributed by atoms with Gasteiger partial charge in [-0.15, -0.1) is 0 Å². The molecule has 1 aliphatic carbocycles. The summed E-state index contributed by atoms with van der Waals surface area (Å²) < 4.78 is 5.16. The van der Waals surface area contributed by atoms with Crippen molar-refractivity contribution in [3.05, 3.63) is 0 Å². The van der Waals surface area contributed by atoms with Crippen LogP contribution in [0.15, 0.2) is 0 Å². The minimum atomic E-state index is -0.119. The lowest BCUT2D eigenvalue weighted by molar-refractivity contribution is -0.147. The van der Waals surface area contributed by atoms with Crippen LogP contribution in [0.3, 0.4) is 0 Å². The molecule has 0 radical (unpaired) electrons. The van der Waals surface area contributed by atoms with Gasteiger partial charge in [0.2, 0.25) is 0 Å². The number of hydrogen-bond acceptors (Lipinski definition) is 3. The van der Waals surface area contributed by atoms with Crippen LogP contribution in [-0.4, -0.2) is 24.7 Å². The van der Waals surface area contributed by atoms with Gasteiger partial charge in [-0.1, -0.05) is 19.8 Å². The summed E-state index contributed by atoms with van der Waals surface area (Å²) in [7, 11) is 0. The van der Waals surface area contributed by atoms with E-state index in [1.807, 2.05) is 13.8 Å². The molecule has 0 aromatic carbocycles. The molecule has 82 valence electrons. The minimum absolute atomic E-state index is 0.0490. The van der Waals surface area contributed by atoms with Crippen LogP contribution in [0.4, 0.5) is 0 Å². The number of nitrogens with one attached hydrogen (secondary N) is 1. The van der Waals surface area contributed by atoms with Gasteiger partial charge in [-0.2, -0.15) is 0 Å². The van der Waals surface area contributed by atoms with Gasteiger partial charge in [0.15, 0.2) is 0 Å². The highest BCUT2D eigenvalue weighted by molar-refractivity contribution is 5.71. The van der Waals surface area contributed by atoms with Crippen LogP contribution in [-0.2, 0) is 9.53 Å². The highest BCUT2D eigenvalue weighted by atomic mass is 16.5. The van der Waals surface area contributed by atoms with E-state index < -0.39 is 0 Å². The Morgan fingerprint density at radius 1 is 1.50 bits per heavy atom. The van der Waals surface area contributed by atoms with Crippen molar-refractivity contribution in [1.29, 1.82) is 0 Å². The monoisotopic (exact) mass is 199 g/mol. The molecule has 3 nitrogen and oxygen atoms in total. The number of esters is 1. The maximum atomic E-state index is 11.3. The molecule has 1 saturated carbocycles. The normalized spacial score (nSPS) is 19.6. The van der Waals surface area contributed by atoms with Gasteiger partial charge in [-0.05, 0) is 26.2 Å². The van der Waals surface area contributed by atoms with Crippen molar-refractivity contribution < 1.29 is 9.53 Å². The van der Waals surface area contributed by atoms with Crippen molar-refractivity contribution in [2.75, 3.05) is 6.54 Å². The van der Waals surface area contributed by atoms with Crippen LogP contribution in [0.25, 0.3) is 0 Å². The van der Waals surface area contributed by atoms with Gasteiger partial charge in [-0.25, -0.2) is 0 Å². The third kappa shape index (κ3) is 4.09. The molecule has 1 aliphatic rings. The van der Waals surface area contributed by atoms with E-state index in [1.165, 1.54) is 25.7 Å². The third-order valence-corrected chi connectivity index (χ3v) is 2.80. The molecule has 1 atom stereocenters. The third-order valence-electron chi connectivity index (χ3n) is 2.80. The van der Waals surface area contributed by atoms with Crippen LogP contribution in [0, 0.1) is 0 Å². The van der Waals surface area contributed by atoms with Crippen LogP contribution >= 0.6 is 0 Å². The van der Waals surface area contributed by atoms with E-state index in [2.05, 4.69) is 5.32 Å². The molecule has 0 aromatic heterocycles. The molecular weight excluding hydrogens is 178 g/mol. The molecule has 0 aromatic rings. The number of carbonyl (C=O) groups excluding carboxylic acids is 1. The molecule has 0 aliphatic heterocycles. The first-order valence-corrected chi connectivity index (χ1v) is 5.65. The van der Waals surface area contributed by atoms with E-state index in [0.717, 1.165) is 6.42 Å². The van der Waals surface area contributed by atoms with Gasteiger partial charge in [0.25, 0.3) is 0 Å². The topological polar surface area (TPSA) is 38.3 Å². The van der Waals surface area contributed by atoms with E-state index in [9.17, 15) is 4.79 Å². The SMILES string of the molecule is CCC(C)OC(=O)CNC1CCCC1. The average Bonchev–Trinajstić information content (AvgIpc) is 2.67. The molecule has 0 amide bonds. The second kappa shape index (κ2) is 6.02. The summed E-state index contributed by atoms with van der Waals surface area (Å²) >= 11 is 0. The summed E-state index contributed by atoms with van der Waals surface area (Å²) in [4.78, 5) is 11.3. The maximum Gasteiger partial charge on any atom is 0.320 e. The van der Waals surface area contributed by atoms with Crippen molar-refractivity contribution >= 4 is 5.97 Å². The Morgan fingerprint density at radius 3 is 2.71 bits per heavy atom. The van der Waals surface area contributed by atoms with E-state index in [-0.39, 0.29) is 12.1 Å². The lowest BCUT2D eigenvalue weighted by Crippen LogP contribution is -2.33. The van der Waals surface area contributed by atoms with Crippen LogP contribution in [0.1, 0.15) is 46.0 Å². The fraction of sp³-hybridized carbons (Fsp3) is 0.909. The molecule has 1 rings (SSSR count). The summed E-state index contributed by atoms with van der Waals surface area (Å²) in [5, 5.41) is 3.24. The standard InChI is InChI=1S/C11H21NO2/c1-3-9(2)14-11(13)8-12-10-6-4-5-7-10/h9-10,12H,3-8H2,1-2H3. The molecule has 1 N–H and O–H groups in total. The second-order valence-electron chi connectivity index (χ2n) is 4.07. The van der Waals surface area contributed by atoms with E-state index in [0.29, 0.717) is 12.6 Å². The molecule has 14 heavy (non-hydrogen) atoms. The van der Waals surface area contributed by atoms with Gasteiger partial charge < -0.3 is 10.1 Å². The lowest BCUT2D eigenvalue weighted by Gasteiger charge is -2.14. The van der Waals surface area contributed by atoms with Gasteiger partial charge >= 0.3 is 5.97 Å². The minimum Gasteiger partial charge on any atom is -0.462 e. The van der Waals surface area contributed by atoms with Crippen LogP contribution in [0.2, 0.25) is 0 Å². The molecule has 1 fully saturated rings.